The molecule has 0 saturated heterocycles. The zero-order valence-electron chi connectivity index (χ0n) is 14.1. The van der Waals surface area contributed by atoms with Crippen LogP contribution in [0.3, 0.4) is 0 Å². The number of carbonyl (C=O) groups excluding carboxylic acids is 1. The van der Waals surface area contributed by atoms with E-state index in [1.807, 2.05) is 61.5 Å². The Morgan fingerprint density at radius 1 is 1.04 bits per heavy atom. The van der Waals surface area contributed by atoms with Crippen LogP contribution in [0.15, 0.2) is 77.4 Å². The maximum absolute atomic E-state index is 12.1. The van der Waals surface area contributed by atoms with Gasteiger partial charge in [0.2, 0.25) is 5.91 Å². The fourth-order valence-corrected chi connectivity index (χ4v) is 2.65. The summed E-state index contributed by atoms with van der Waals surface area (Å²) >= 11 is 0. The van der Waals surface area contributed by atoms with E-state index in [0.29, 0.717) is 11.5 Å². The van der Waals surface area contributed by atoms with Gasteiger partial charge in [0.15, 0.2) is 0 Å². The lowest BCUT2D eigenvalue weighted by molar-refractivity contribution is -0.131. The molecule has 0 atom stereocenters. The summed E-state index contributed by atoms with van der Waals surface area (Å²) in [6.45, 7) is 1.90. The first-order chi connectivity index (χ1) is 12.5. The molecular weight excluding hydrogens is 330 g/mol. The van der Waals surface area contributed by atoms with E-state index in [4.69, 9.17) is 5.11 Å². The first kappa shape index (κ1) is 17.2. The topological polar surface area (TPSA) is 90.8 Å². The van der Waals surface area contributed by atoms with Crippen LogP contribution in [0, 0.1) is 0 Å². The summed E-state index contributed by atoms with van der Waals surface area (Å²) < 4.78 is 0. The van der Waals surface area contributed by atoms with Crippen LogP contribution in [0.2, 0.25) is 0 Å². The molecule has 0 aromatic heterocycles. The van der Waals surface area contributed by atoms with Crippen LogP contribution in [0.25, 0.3) is 5.57 Å². The molecule has 6 heteroatoms. The maximum atomic E-state index is 12.1. The van der Waals surface area contributed by atoms with Gasteiger partial charge in [0, 0.05) is 23.4 Å². The normalized spacial score (nSPS) is 13.5. The van der Waals surface area contributed by atoms with Crippen LogP contribution in [0.1, 0.15) is 12.5 Å². The highest BCUT2D eigenvalue weighted by molar-refractivity contribution is 6.29. The third kappa shape index (κ3) is 3.87. The molecule has 1 aliphatic rings. The zero-order chi connectivity index (χ0) is 18.5. The predicted octanol–water partition coefficient (Wildman–Crippen LogP) is 3.33. The van der Waals surface area contributed by atoms with Gasteiger partial charge in [-0.25, -0.2) is 9.79 Å². The van der Waals surface area contributed by atoms with Crippen LogP contribution in [0.4, 0.5) is 11.4 Å². The number of carboxylic acid groups (broad SMARTS) is 1. The number of carboxylic acids is 1. The molecule has 0 fully saturated rings. The molecule has 26 heavy (non-hydrogen) atoms. The van der Waals surface area contributed by atoms with E-state index in [0.717, 1.165) is 34.7 Å². The van der Waals surface area contributed by atoms with E-state index in [1.54, 1.807) is 0 Å². The summed E-state index contributed by atoms with van der Waals surface area (Å²) in [5, 5.41) is 14.7. The van der Waals surface area contributed by atoms with E-state index >= 15 is 0 Å². The van der Waals surface area contributed by atoms with Crippen LogP contribution in [-0.4, -0.2) is 22.8 Å². The number of nitrogens with zero attached hydrogens (tertiary/aromatic N) is 1. The fraction of sp³-hybridized carbons (Fsp3) is 0.0500. The van der Waals surface area contributed by atoms with Gasteiger partial charge >= 0.3 is 5.97 Å². The number of aliphatic imine (C=N–C) groups is 1. The molecular formula is C20H17N3O3. The number of hydrogen-bond acceptors (Lipinski definition) is 4. The van der Waals surface area contributed by atoms with Crippen molar-refractivity contribution in [2.75, 3.05) is 5.32 Å². The Labute approximate surface area is 150 Å². The van der Waals surface area contributed by atoms with Crippen molar-refractivity contribution in [3.05, 3.63) is 78.0 Å². The lowest BCUT2D eigenvalue weighted by Crippen LogP contribution is -2.30. The number of carbonyl (C=O) groups is 2. The van der Waals surface area contributed by atoms with Crippen LogP contribution < -0.4 is 10.6 Å². The molecule has 0 saturated carbocycles. The number of amidine groups is 1. The summed E-state index contributed by atoms with van der Waals surface area (Å²) in [6.07, 6.45) is 1.75. The van der Waals surface area contributed by atoms with Gasteiger partial charge in [0.25, 0.3) is 0 Å². The maximum Gasteiger partial charge on any atom is 0.328 e. The highest BCUT2D eigenvalue weighted by Crippen LogP contribution is 2.32. The Hall–Kier alpha value is -3.67. The Bertz CT molecular complexity index is 944. The minimum atomic E-state index is -1.19. The van der Waals surface area contributed by atoms with E-state index in [-0.39, 0.29) is 0 Å². The highest BCUT2D eigenvalue weighted by Gasteiger charge is 2.19. The summed E-state index contributed by atoms with van der Waals surface area (Å²) in [5.74, 6) is -1.40. The third-order valence-electron chi connectivity index (χ3n) is 3.75. The molecule has 6 nitrogen and oxygen atoms in total. The monoisotopic (exact) mass is 347 g/mol. The van der Waals surface area contributed by atoms with Crippen molar-refractivity contribution < 1.29 is 14.7 Å². The summed E-state index contributed by atoms with van der Waals surface area (Å²) in [5.41, 5.74) is 3.94. The van der Waals surface area contributed by atoms with Crippen molar-refractivity contribution in [3.8, 4) is 0 Å². The minimum Gasteiger partial charge on any atom is -0.478 e. The molecule has 0 unspecified atom stereocenters. The predicted molar refractivity (Wildman–Crippen MR) is 101 cm³/mol. The highest BCUT2D eigenvalue weighted by atomic mass is 16.4. The SMILES string of the molecule is CC1=C(c2ccccc2)C(NC(=O)C=CC(=O)O)=Nc2ccccc2N1. The lowest BCUT2D eigenvalue weighted by Gasteiger charge is -2.14. The molecule has 0 bridgehead atoms. The average molecular weight is 347 g/mol. The Balaban J connectivity index is 2.07. The van der Waals surface area contributed by atoms with Crippen LogP contribution in [-0.2, 0) is 9.59 Å². The van der Waals surface area contributed by atoms with E-state index in [9.17, 15) is 9.59 Å². The second-order valence-electron chi connectivity index (χ2n) is 5.63. The molecule has 3 N–H and O–H groups in total. The lowest BCUT2D eigenvalue weighted by atomic mass is 10.0. The van der Waals surface area contributed by atoms with E-state index in [2.05, 4.69) is 15.6 Å². The van der Waals surface area contributed by atoms with Crippen LogP contribution >= 0.6 is 0 Å². The second-order valence-corrected chi connectivity index (χ2v) is 5.63. The quantitative estimate of drug-likeness (QED) is 0.743. The Morgan fingerprint density at radius 2 is 1.73 bits per heavy atom. The van der Waals surface area contributed by atoms with Crippen molar-refractivity contribution in [1.82, 2.24) is 5.32 Å². The van der Waals surface area contributed by atoms with Gasteiger partial charge in [-0.15, -0.1) is 0 Å². The standard InChI is InChI=1S/C20H17N3O3/c1-13-19(14-7-3-2-4-8-14)20(23-17(24)11-12-18(25)26)22-16-10-6-5-9-15(16)21-13/h2-12,21H,1H3,(H,25,26)(H,22,23,24). The van der Waals surface area contributed by atoms with Crippen molar-refractivity contribution in [2.24, 2.45) is 4.99 Å². The molecule has 3 rings (SSSR count). The Kier molecular flexibility index (Phi) is 4.94. The number of rotatable bonds is 3. The van der Waals surface area contributed by atoms with Gasteiger partial charge in [-0.2, -0.15) is 0 Å². The number of benzene rings is 2. The van der Waals surface area contributed by atoms with E-state index < -0.39 is 11.9 Å². The van der Waals surface area contributed by atoms with Gasteiger partial charge in [0.05, 0.1) is 11.4 Å². The van der Waals surface area contributed by atoms with Gasteiger partial charge in [0.1, 0.15) is 5.84 Å². The molecule has 0 spiro atoms. The molecule has 1 aliphatic heterocycles. The first-order valence-corrected chi connectivity index (χ1v) is 7.98. The van der Waals surface area contributed by atoms with Gasteiger partial charge in [-0.05, 0) is 24.6 Å². The zero-order valence-corrected chi connectivity index (χ0v) is 14.1. The second kappa shape index (κ2) is 7.48. The molecule has 2 aromatic carbocycles. The number of fused-ring (bicyclic) bond motifs is 1. The molecule has 1 amide bonds. The summed E-state index contributed by atoms with van der Waals surface area (Å²) in [4.78, 5) is 27.4. The summed E-state index contributed by atoms with van der Waals surface area (Å²) in [6, 6.07) is 17.0. The molecule has 2 aromatic rings. The average Bonchev–Trinajstić information content (AvgIpc) is 2.76. The minimum absolute atomic E-state index is 0.353. The van der Waals surface area contributed by atoms with Gasteiger partial charge in [-0.1, -0.05) is 42.5 Å². The smallest absolute Gasteiger partial charge is 0.328 e. The van der Waals surface area contributed by atoms with Crippen molar-refractivity contribution in [3.63, 3.8) is 0 Å². The number of allylic oxidation sites excluding steroid dienone is 1. The number of nitrogens with one attached hydrogen (secondary N) is 2. The fourth-order valence-electron chi connectivity index (χ4n) is 2.65. The summed E-state index contributed by atoms with van der Waals surface area (Å²) in [7, 11) is 0. The Morgan fingerprint density at radius 3 is 2.46 bits per heavy atom. The van der Waals surface area contributed by atoms with Crippen molar-refractivity contribution in [1.29, 1.82) is 0 Å². The van der Waals surface area contributed by atoms with Crippen molar-refractivity contribution >= 4 is 34.7 Å². The largest absolute Gasteiger partial charge is 0.478 e. The molecule has 1 heterocycles. The molecule has 0 aliphatic carbocycles. The van der Waals surface area contributed by atoms with Crippen molar-refractivity contribution in [2.45, 2.75) is 6.92 Å². The van der Waals surface area contributed by atoms with Gasteiger partial charge < -0.3 is 15.7 Å². The first-order valence-electron chi connectivity index (χ1n) is 7.98. The number of hydrogen-bond donors (Lipinski definition) is 3. The number of amides is 1. The molecule has 0 radical (unpaired) electrons. The molecule has 130 valence electrons. The van der Waals surface area contributed by atoms with E-state index in [1.165, 1.54) is 0 Å². The number of aliphatic carboxylic acids is 1. The number of para-hydroxylation sites is 2. The number of anilines is 1. The van der Waals surface area contributed by atoms with Crippen LogP contribution in [0.5, 0.6) is 0 Å². The third-order valence-corrected chi connectivity index (χ3v) is 3.75. The van der Waals surface area contributed by atoms with Gasteiger partial charge in [-0.3, -0.25) is 4.79 Å².